The maximum atomic E-state index is 13.4. The monoisotopic (exact) mass is 477 g/mol. The van der Waals surface area contributed by atoms with Crippen LogP contribution in [0.2, 0.25) is 0 Å². The topological polar surface area (TPSA) is 90.7 Å². The Hall–Kier alpha value is -3.93. The van der Waals surface area contributed by atoms with Crippen LogP contribution in [0.25, 0.3) is 0 Å². The largest absolute Gasteiger partial charge is 0.416 e. The second-order valence-electron chi connectivity index (χ2n) is 9.01. The Bertz CT molecular complexity index is 1340. The number of fused-ring (bicyclic) bond motifs is 1. The highest BCUT2D eigenvalue weighted by Gasteiger charge is 2.41. The molecule has 1 aromatic heterocycles. The van der Waals surface area contributed by atoms with Gasteiger partial charge in [0.1, 0.15) is 0 Å². The highest BCUT2D eigenvalue weighted by molar-refractivity contribution is 5.99. The van der Waals surface area contributed by atoms with E-state index in [-0.39, 0.29) is 5.91 Å². The molecule has 2 aliphatic rings. The number of aromatic nitrogens is 2. The van der Waals surface area contributed by atoms with Crippen LogP contribution in [-0.2, 0) is 35.6 Å². The number of hydrogen-bond acceptors (Lipinski definition) is 5. The van der Waals surface area contributed by atoms with Gasteiger partial charge in [0.05, 0.1) is 23.5 Å². The van der Waals surface area contributed by atoms with Gasteiger partial charge in [0, 0.05) is 23.3 Å². The number of nitrogens with zero attached hydrogens (tertiary/aromatic N) is 3. The normalized spacial score (nSPS) is 16.1. The Labute approximate surface area is 200 Å². The number of carbonyl (C=O) groups is 1. The minimum Gasteiger partial charge on any atom is -0.326 e. The maximum absolute atomic E-state index is 13.4. The number of rotatable bonds is 6. The average Bonchev–Trinajstić information content (AvgIpc) is 3.17. The number of alkyl halides is 3. The van der Waals surface area contributed by atoms with E-state index in [1.54, 1.807) is 12.3 Å². The fourth-order valence-electron chi connectivity index (χ4n) is 4.71. The third kappa shape index (κ3) is 4.56. The molecule has 2 N–H and O–H groups in total. The summed E-state index contributed by atoms with van der Waals surface area (Å²) < 4.78 is 40.2. The van der Waals surface area contributed by atoms with Crippen molar-refractivity contribution in [1.82, 2.24) is 9.97 Å². The molecule has 2 aromatic carbocycles. The molecule has 5 rings (SSSR count). The maximum Gasteiger partial charge on any atom is 0.416 e. The second-order valence-corrected chi connectivity index (χ2v) is 9.01. The van der Waals surface area contributed by atoms with Gasteiger partial charge in [-0.15, -0.1) is 0 Å². The summed E-state index contributed by atoms with van der Waals surface area (Å²) in [7, 11) is 0. The van der Waals surface area contributed by atoms with E-state index < -0.39 is 17.2 Å². The molecule has 0 unspecified atom stereocenters. The van der Waals surface area contributed by atoms with Crippen molar-refractivity contribution in [3.05, 3.63) is 76.6 Å². The van der Waals surface area contributed by atoms with Gasteiger partial charge in [-0.1, -0.05) is 6.07 Å². The molecular formula is C26H22F3N5O. The molecule has 0 radical (unpaired) electrons. The lowest BCUT2D eigenvalue weighted by Crippen LogP contribution is -2.33. The summed E-state index contributed by atoms with van der Waals surface area (Å²) in [6, 6.07) is 13.3. The first-order chi connectivity index (χ1) is 16.8. The van der Waals surface area contributed by atoms with Crippen molar-refractivity contribution in [2.45, 2.75) is 50.1 Å². The third-order valence-electron chi connectivity index (χ3n) is 6.72. The summed E-state index contributed by atoms with van der Waals surface area (Å²) >= 11 is 0. The van der Waals surface area contributed by atoms with Gasteiger partial charge in [-0.25, -0.2) is 9.97 Å². The molecule has 1 aliphatic heterocycles. The Morgan fingerprint density at radius 2 is 1.94 bits per heavy atom. The molecule has 0 saturated heterocycles. The fraction of sp³-hybridized carbons (Fsp3) is 0.308. The number of halogens is 3. The second kappa shape index (κ2) is 8.69. The minimum atomic E-state index is -4.45. The van der Waals surface area contributed by atoms with Crippen LogP contribution in [0, 0.1) is 11.3 Å². The molecule has 1 fully saturated rings. The van der Waals surface area contributed by atoms with Crippen molar-refractivity contribution in [3.63, 3.8) is 0 Å². The van der Waals surface area contributed by atoms with Crippen LogP contribution in [0.15, 0.2) is 48.7 Å². The summed E-state index contributed by atoms with van der Waals surface area (Å²) in [5.74, 6) is 0.306. The molecule has 9 heteroatoms. The lowest BCUT2D eigenvalue weighted by molar-refractivity contribution is -0.137. The smallest absolute Gasteiger partial charge is 0.326 e. The average molecular weight is 477 g/mol. The number of amides is 1. The van der Waals surface area contributed by atoms with Gasteiger partial charge in [0.15, 0.2) is 0 Å². The van der Waals surface area contributed by atoms with Crippen LogP contribution in [-0.4, -0.2) is 15.9 Å². The first kappa shape index (κ1) is 22.8. The van der Waals surface area contributed by atoms with Crippen LogP contribution in [0.3, 0.4) is 0 Å². The SMILES string of the molecule is N#CC1(c2ccc(C(F)(F)F)cc2CCc2ccnc(Nc3ccc4c(c3)CC(=O)N4)n2)CCC1. The molecule has 35 heavy (non-hydrogen) atoms. The first-order valence-electron chi connectivity index (χ1n) is 11.4. The van der Waals surface area contributed by atoms with Gasteiger partial charge in [-0.05, 0) is 85.2 Å². The van der Waals surface area contributed by atoms with Crippen LogP contribution in [0.1, 0.15) is 47.2 Å². The third-order valence-corrected chi connectivity index (χ3v) is 6.72. The zero-order chi connectivity index (χ0) is 24.6. The Morgan fingerprint density at radius 1 is 1.11 bits per heavy atom. The van der Waals surface area contributed by atoms with Gasteiger partial charge in [-0.2, -0.15) is 18.4 Å². The number of nitriles is 1. The van der Waals surface area contributed by atoms with E-state index in [0.717, 1.165) is 29.4 Å². The summed E-state index contributed by atoms with van der Waals surface area (Å²) in [6.45, 7) is 0. The predicted octanol–water partition coefficient (Wildman–Crippen LogP) is 5.46. The van der Waals surface area contributed by atoms with E-state index in [9.17, 15) is 23.2 Å². The number of benzene rings is 2. The Morgan fingerprint density at radius 3 is 2.66 bits per heavy atom. The van der Waals surface area contributed by atoms with Crippen molar-refractivity contribution in [1.29, 1.82) is 5.26 Å². The van der Waals surface area contributed by atoms with Crippen molar-refractivity contribution >= 4 is 23.2 Å². The number of anilines is 3. The zero-order valence-electron chi connectivity index (χ0n) is 18.7. The summed E-state index contributed by atoms with van der Waals surface area (Å²) in [5.41, 5.74) is 2.88. The van der Waals surface area contributed by atoms with Crippen LogP contribution in [0.4, 0.5) is 30.5 Å². The molecule has 1 saturated carbocycles. The minimum absolute atomic E-state index is 0.0514. The zero-order valence-corrected chi connectivity index (χ0v) is 18.7. The molecule has 178 valence electrons. The molecule has 1 amide bonds. The molecule has 0 atom stereocenters. The van der Waals surface area contributed by atoms with E-state index in [2.05, 4.69) is 26.7 Å². The number of nitrogens with one attached hydrogen (secondary N) is 2. The van der Waals surface area contributed by atoms with Crippen LogP contribution < -0.4 is 10.6 Å². The summed E-state index contributed by atoms with van der Waals surface area (Å²) in [6.07, 6.45) is 0.392. The lowest BCUT2D eigenvalue weighted by atomic mass is 9.64. The molecule has 3 aromatic rings. The summed E-state index contributed by atoms with van der Waals surface area (Å²) in [4.78, 5) is 20.3. The van der Waals surface area contributed by atoms with E-state index >= 15 is 0 Å². The van der Waals surface area contributed by atoms with E-state index in [1.165, 1.54) is 12.1 Å². The quantitative estimate of drug-likeness (QED) is 0.492. The van der Waals surface area contributed by atoms with Crippen molar-refractivity contribution in [3.8, 4) is 6.07 Å². The van der Waals surface area contributed by atoms with Crippen molar-refractivity contribution in [2.24, 2.45) is 0 Å². The van der Waals surface area contributed by atoms with Crippen LogP contribution >= 0.6 is 0 Å². The van der Waals surface area contributed by atoms with E-state index in [1.807, 2.05) is 18.2 Å². The van der Waals surface area contributed by atoms with Gasteiger partial charge in [0.2, 0.25) is 11.9 Å². The summed E-state index contributed by atoms with van der Waals surface area (Å²) in [5, 5.41) is 15.7. The van der Waals surface area contributed by atoms with Gasteiger partial charge in [-0.3, -0.25) is 4.79 Å². The molecular weight excluding hydrogens is 455 g/mol. The van der Waals surface area contributed by atoms with Crippen molar-refractivity contribution in [2.75, 3.05) is 10.6 Å². The number of aryl methyl sites for hydroxylation is 2. The van der Waals surface area contributed by atoms with Gasteiger partial charge >= 0.3 is 6.18 Å². The van der Waals surface area contributed by atoms with Gasteiger partial charge < -0.3 is 10.6 Å². The Kier molecular flexibility index (Phi) is 5.67. The molecule has 1 aliphatic carbocycles. The number of carbonyl (C=O) groups excluding carboxylic acids is 1. The molecule has 0 bridgehead atoms. The lowest BCUT2D eigenvalue weighted by Gasteiger charge is -2.37. The number of hydrogen-bond donors (Lipinski definition) is 2. The van der Waals surface area contributed by atoms with Gasteiger partial charge in [0.25, 0.3) is 0 Å². The molecule has 2 heterocycles. The standard InChI is InChI=1S/C26H22F3N5O/c27-26(28,29)18-3-6-21(25(15-30)9-1-10-25)16(12-18)2-4-19-8-11-31-24(32-19)33-20-5-7-22-17(13-20)14-23(35)34-22/h3,5-8,11-13H,1-2,4,9-10,14H2,(H,34,35)(H,31,32,33). The highest BCUT2D eigenvalue weighted by Crippen LogP contribution is 2.45. The Balaban J connectivity index is 1.35. The molecule has 0 spiro atoms. The van der Waals surface area contributed by atoms with Crippen LogP contribution in [0.5, 0.6) is 0 Å². The van der Waals surface area contributed by atoms with E-state index in [0.29, 0.717) is 54.9 Å². The highest BCUT2D eigenvalue weighted by atomic mass is 19.4. The fourth-order valence-corrected chi connectivity index (χ4v) is 4.71. The predicted molar refractivity (Wildman–Crippen MR) is 124 cm³/mol. The van der Waals surface area contributed by atoms with E-state index in [4.69, 9.17) is 0 Å². The first-order valence-corrected chi connectivity index (χ1v) is 11.4. The molecule has 6 nitrogen and oxygen atoms in total. The van der Waals surface area contributed by atoms with Crippen molar-refractivity contribution < 1.29 is 18.0 Å².